The lowest BCUT2D eigenvalue weighted by atomic mass is 10.0. The van der Waals surface area contributed by atoms with Crippen molar-refractivity contribution in [1.82, 2.24) is 4.98 Å². The second kappa shape index (κ2) is 7.64. The van der Waals surface area contributed by atoms with E-state index in [0.717, 1.165) is 0 Å². The minimum Gasteiger partial charge on any atom is -0.495 e. The minimum absolute atomic E-state index is 0. The molecule has 1 heterocycles. The zero-order valence-electron chi connectivity index (χ0n) is 12.3. The molecule has 4 nitrogen and oxygen atoms in total. The van der Waals surface area contributed by atoms with Crippen LogP contribution in [0.25, 0.3) is 0 Å². The predicted octanol–water partition coefficient (Wildman–Crippen LogP) is 3.89. The number of halogens is 1. The normalized spacial score (nSPS) is 9.90. The Hall–Kier alpha value is -2.07. The summed E-state index contributed by atoms with van der Waals surface area (Å²) in [5.74, 6) is 0.899. The van der Waals surface area contributed by atoms with Gasteiger partial charge in [-0.05, 0) is 35.7 Å². The van der Waals surface area contributed by atoms with Crippen LogP contribution >= 0.6 is 12.4 Å². The van der Waals surface area contributed by atoms with Gasteiger partial charge in [-0.3, -0.25) is 9.78 Å². The summed E-state index contributed by atoms with van der Waals surface area (Å²) in [4.78, 5) is 16.0. The average molecular weight is 307 g/mol. The number of rotatable bonds is 4. The Morgan fingerprint density at radius 2 is 1.86 bits per heavy atom. The van der Waals surface area contributed by atoms with Crippen LogP contribution in [-0.4, -0.2) is 18.0 Å². The van der Waals surface area contributed by atoms with Crippen LogP contribution in [0.5, 0.6) is 5.75 Å². The highest BCUT2D eigenvalue weighted by molar-refractivity contribution is 6.04. The van der Waals surface area contributed by atoms with E-state index in [4.69, 9.17) is 4.74 Å². The number of carbonyl (C=O) groups is 1. The van der Waals surface area contributed by atoms with Gasteiger partial charge in [-0.25, -0.2) is 0 Å². The number of nitrogens with zero attached hydrogens (tertiary/aromatic N) is 1. The molecule has 0 saturated carbocycles. The summed E-state index contributed by atoms with van der Waals surface area (Å²) in [6.07, 6.45) is 3.18. The highest BCUT2D eigenvalue weighted by Gasteiger charge is 2.11. The van der Waals surface area contributed by atoms with Gasteiger partial charge < -0.3 is 10.1 Å². The zero-order chi connectivity index (χ0) is 14.5. The summed E-state index contributed by atoms with van der Waals surface area (Å²) >= 11 is 0. The van der Waals surface area contributed by atoms with E-state index in [1.165, 1.54) is 5.56 Å². The highest BCUT2D eigenvalue weighted by atomic mass is 35.5. The molecule has 1 N–H and O–H groups in total. The maximum atomic E-state index is 12.1. The number of carbonyl (C=O) groups excluding carboxylic acids is 1. The average Bonchev–Trinajstić information content (AvgIpc) is 2.48. The van der Waals surface area contributed by atoms with Crippen LogP contribution in [0, 0.1) is 0 Å². The molecule has 0 atom stereocenters. The predicted molar refractivity (Wildman–Crippen MR) is 86.5 cm³/mol. The molecule has 0 spiro atoms. The lowest BCUT2D eigenvalue weighted by Crippen LogP contribution is -2.12. The van der Waals surface area contributed by atoms with Gasteiger partial charge in [0.05, 0.1) is 12.8 Å². The van der Waals surface area contributed by atoms with E-state index in [2.05, 4.69) is 24.1 Å². The molecular weight excluding hydrogens is 288 g/mol. The van der Waals surface area contributed by atoms with Gasteiger partial charge in [-0.2, -0.15) is 0 Å². The standard InChI is InChI=1S/C16H18N2O2.ClH/c1-11(2)13-4-5-14(15(10-13)20-3)18-16(19)12-6-8-17-9-7-12;/h4-11H,1-3H3,(H,18,19);1H. The monoisotopic (exact) mass is 306 g/mol. The maximum Gasteiger partial charge on any atom is 0.255 e. The van der Waals surface area contributed by atoms with Crippen molar-refractivity contribution in [2.45, 2.75) is 19.8 Å². The molecule has 21 heavy (non-hydrogen) atoms. The Morgan fingerprint density at radius 3 is 2.43 bits per heavy atom. The Balaban J connectivity index is 0.00000220. The van der Waals surface area contributed by atoms with Gasteiger partial charge in [0.2, 0.25) is 0 Å². The second-order valence-electron chi connectivity index (χ2n) is 4.80. The summed E-state index contributed by atoms with van der Waals surface area (Å²) in [5, 5.41) is 2.85. The molecule has 1 amide bonds. The quantitative estimate of drug-likeness (QED) is 0.932. The molecule has 0 radical (unpaired) electrons. The van der Waals surface area contributed by atoms with Crippen molar-refractivity contribution in [3.05, 3.63) is 53.9 Å². The third-order valence-corrected chi connectivity index (χ3v) is 3.08. The fourth-order valence-corrected chi connectivity index (χ4v) is 1.87. The van der Waals surface area contributed by atoms with Crippen LogP contribution in [0.15, 0.2) is 42.7 Å². The van der Waals surface area contributed by atoms with Crippen molar-refractivity contribution in [3.8, 4) is 5.75 Å². The molecule has 0 fully saturated rings. The number of hydrogen-bond donors (Lipinski definition) is 1. The first kappa shape index (κ1) is 17.0. The summed E-state index contributed by atoms with van der Waals surface area (Å²) in [7, 11) is 1.60. The molecule has 0 saturated heterocycles. The first-order valence-electron chi connectivity index (χ1n) is 6.51. The van der Waals surface area contributed by atoms with Gasteiger partial charge in [-0.15, -0.1) is 12.4 Å². The van der Waals surface area contributed by atoms with E-state index in [9.17, 15) is 4.79 Å². The lowest BCUT2D eigenvalue weighted by Gasteiger charge is -2.13. The number of nitrogens with one attached hydrogen (secondary N) is 1. The largest absolute Gasteiger partial charge is 0.495 e. The smallest absolute Gasteiger partial charge is 0.255 e. The Morgan fingerprint density at radius 1 is 1.19 bits per heavy atom. The van der Waals surface area contributed by atoms with Crippen LogP contribution in [0.3, 0.4) is 0 Å². The second-order valence-corrected chi connectivity index (χ2v) is 4.80. The van der Waals surface area contributed by atoms with Gasteiger partial charge in [0.25, 0.3) is 5.91 Å². The molecule has 0 aliphatic carbocycles. The fraction of sp³-hybridized carbons (Fsp3) is 0.250. The molecule has 0 aliphatic rings. The molecule has 1 aromatic heterocycles. The Labute approximate surface area is 131 Å². The van der Waals surface area contributed by atoms with E-state index in [0.29, 0.717) is 22.9 Å². The molecule has 0 aliphatic heterocycles. The van der Waals surface area contributed by atoms with Crippen LogP contribution in [-0.2, 0) is 0 Å². The molecule has 5 heteroatoms. The van der Waals surface area contributed by atoms with Gasteiger partial charge in [0.15, 0.2) is 0 Å². The van der Waals surface area contributed by atoms with Crippen molar-refractivity contribution < 1.29 is 9.53 Å². The van der Waals surface area contributed by atoms with E-state index >= 15 is 0 Å². The van der Waals surface area contributed by atoms with Crippen LogP contribution in [0.1, 0.15) is 35.7 Å². The molecule has 1 aromatic carbocycles. The first-order chi connectivity index (χ1) is 9.61. The SMILES string of the molecule is COc1cc(C(C)C)ccc1NC(=O)c1ccncc1.Cl. The number of methoxy groups -OCH3 is 1. The number of aromatic nitrogens is 1. The third-order valence-electron chi connectivity index (χ3n) is 3.08. The number of pyridine rings is 1. The summed E-state index contributed by atoms with van der Waals surface area (Å²) in [6, 6.07) is 9.16. The summed E-state index contributed by atoms with van der Waals surface area (Å²) < 4.78 is 5.35. The molecule has 2 aromatic rings. The minimum atomic E-state index is -0.178. The zero-order valence-corrected chi connectivity index (χ0v) is 13.1. The van der Waals surface area contributed by atoms with Crippen molar-refractivity contribution in [1.29, 1.82) is 0 Å². The van der Waals surface area contributed by atoms with Gasteiger partial charge in [0.1, 0.15) is 5.75 Å². The maximum absolute atomic E-state index is 12.1. The third kappa shape index (κ3) is 4.20. The van der Waals surface area contributed by atoms with E-state index in [1.54, 1.807) is 31.6 Å². The fourth-order valence-electron chi connectivity index (χ4n) is 1.87. The topological polar surface area (TPSA) is 51.2 Å². The molecular formula is C16H19ClN2O2. The molecule has 2 rings (SSSR count). The van der Waals surface area contributed by atoms with E-state index in [1.807, 2.05) is 18.2 Å². The Kier molecular flexibility index (Phi) is 6.18. The summed E-state index contributed by atoms with van der Waals surface area (Å²) in [5.41, 5.74) is 2.40. The van der Waals surface area contributed by atoms with Crippen molar-refractivity contribution in [3.63, 3.8) is 0 Å². The van der Waals surface area contributed by atoms with E-state index in [-0.39, 0.29) is 18.3 Å². The van der Waals surface area contributed by atoms with E-state index < -0.39 is 0 Å². The van der Waals surface area contributed by atoms with Crippen LogP contribution < -0.4 is 10.1 Å². The number of amides is 1. The van der Waals surface area contributed by atoms with Gasteiger partial charge in [-0.1, -0.05) is 19.9 Å². The highest BCUT2D eigenvalue weighted by Crippen LogP contribution is 2.29. The Bertz CT molecular complexity index is 600. The molecule has 0 bridgehead atoms. The summed E-state index contributed by atoms with van der Waals surface area (Å²) in [6.45, 7) is 4.23. The van der Waals surface area contributed by atoms with Gasteiger partial charge in [0, 0.05) is 18.0 Å². The number of hydrogen-bond acceptors (Lipinski definition) is 3. The molecule has 0 unspecified atom stereocenters. The molecule has 112 valence electrons. The number of benzene rings is 1. The van der Waals surface area contributed by atoms with Crippen LogP contribution in [0.4, 0.5) is 5.69 Å². The first-order valence-corrected chi connectivity index (χ1v) is 6.51. The lowest BCUT2D eigenvalue weighted by molar-refractivity contribution is 0.102. The van der Waals surface area contributed by atoms with Crippen molar-refractivity contribution >= 4 is 24.0 Å². The van der Waals surface area contributed by atoms with Crippen molar-refractivity contribution in [2.24, 2.45) is 0 Å². The van der Waals surface area contributed by atoms with Gasteiger partial charge >= 0.3 is 0 Å². The number of ether oxygens (including phenoxy) is 1. The van der Waals surface area contributed by atoms with Crippen molar-refractivity contribution in [2.75, 3.05) is 12.4 Å². The van der Waals surface area contributed by atoms with Crippen LogP contribution in [0.2, 0.25) is 0 Å². The number of anilines is 1.